The van der Waals surface area contributed by atoms with Gasteiger partial charge in [0.05, 0.1) is 11.1 Å². The summed E-state index contributed by atoms with van der Waals surface area (Å²) in [6, 6.07) is 0. The van der Waals surface area contributed by atoms with Crippen LogP contribution >= 0.6 is 11.6 Å². The topological polar surface area (TPSA) is 32.6 Å². The molecule has 0 radical (unpaired) electrons. The molecule has 0 amide bonds. The summed E-state index contributed by atoms with van der Waals surface area (Å²) in [6.45, 7) is 0. The Morgan fingerprint density at radius 2 is 1.83 bits per heavy atom. The highest BCUT2D eigenvalue weighted by molar-refractivity contribution is 6.32. The Kier molecular flexibility index (Phi) is 4.44. The van der Waals surface area contributed by atoms with E-state index in [2.05, 4.69) is 5.16 Å². The Balaban J connectivity index is 2.47. The summed E-state index contributed by atoms with van der Waals surface area (Å²) in [5.74, 6) is 0. The zero-order valence-corrected chi connectivity index (χ0v) is 8.06. The smallest absolute Gasteiger partial charge is 0.0751 e. The van der Waals surface area contributed by atoms with Gasteiger partial charge in [-0.2, -0.15) is 0 Å². The summed E-state index contributed by atoms with van der Waals surface area (Å²) >= 11 is 6.04. The van der Waals surface area contributed by atoms with Crippen LogP contribution in [0, 0.1) is 0 Å². The maximum atomic E-state index is 8.67. The van der Waals surface area contributed by atoms with E-state index in [0.717, 1.165) is 31.4 Å². The molecule has 1 aliphatic rings. The predicted molar refractivity (Wildman–Crippen MR) is 51.2 cm³/mol. The average Bonchev–Trinajstić information content (AvgIpc) is 2.17. The zero-order valence-electron chi connectivity index (χ0n) is 7.30. The van der Waals surface area contributed by atoms with E-state index in [1.54, 1.807) is 0 Å². The third kappa shape index (κ3) is 3.02. The predicted octanol–water partition coefficient (Wildman–Crippen LogP) is 3.17. The Morgan fingerprint density at radius 1 is 1.17 bits per heavy atom. The van der Waals surface area contributed by atoms with E-state index in [0.29, 0.717) is 0 Å². The van der Waals surface area contributed by atoms with E-state index in [9.17, 15) is 0 Å². The lowest BCUT2D eigenvalue weighted by Gasteiger charge is -2.08. The van der Waals surface area contributed by atoms with E-state index in [1.807, 2.05) is 0 Å². The molecule has 0 aromatic carbocycles. The second kappa shape index (κ2) is 5.41. The van der Waals surface area contributed by atoms with Crippen molar-refractivity contribution in [2.75, 3.05) is 0 Å². The molecule has 2 nitrogen and oxygen atoms in total. The molecular formula is C9H16ClNO. The van der Waals surface area contributed by atoms with Crippen LogP contribution in [-0.4, -0.2) is 16.3 Å². The van der Waals surface area contributed by atoms with Crippen molar-refractivity contribution in [2.24, 2.45) is 5.16 Å². The highest BCUT2D eigenvalue weighted by atomic mass is 35.5. The molecule has 1 rings (SSSR count). The summed E-state index contributed by atoms with van der Waals surface area (Å²) in [4.78, 5) is 0. The van der Waals surface area contributed by atoms with Crippen LogP contribution < -0.4 is 0 Å². The molecule has 3 heteroatoms. The first-order valence-corrected chi connectivity index (χ1v) is 5.13. The van der Waals surface area contributed by atoms with Gasteiger partial charge in [-0.25, -0.2) is 0 Å². The normalized spacial score (nSPS) is 30.8. The van der Waals surface area contributed by atoms with Crippen molar-refractivity contribution in [3.8, 4) is 0 Å². The molecule has 0 heterocycles. The summed E-state index contributed by atoms with van der Waals surface area (Å²) in [5, 5.41) is 11.9. The first kappa shape index (κ1) is 9.85. The first-order chi connectivity index (χ1) is 5.84. The molecule has 1 atom stereocenters. The quantitative estimate of drug-likeness (QED) is 0.354. The van der Waals surface area contributed by atoms with Gasteiger partial charge in [0.25, 0.3) is 0 Å². The molecule has 1 aliphatic carbocycles. The zero-order chi connectivity index (χ0) is 8.81. The SMILES string of the molecule is ON=C1CCCCCCCC1Cl. The van der Waals surface area contributed by atoms with Gasteiger partial charge in [-0.15, -0.1) is 11.6 Å². The third-order valence-electron chi connectivity index (χ3n) is 2.38. The van der Waals surface area contributed by atoms with Crippen LogP contribution in [0.1, 0.15) is 44.9 Å². The van der Waals surface area contributed by atoms with E-state index >= 15 is 0 Å². The molecule has 0 bridgehead atoms. The van der Waals surface area contributed by atoms with Crippen molar-refractivity contribution in [3.63, 3.8) is 0 Å². The summed E-state index contributed by atoms with van der Waals surface area (Å²) in [5.41, 5.74) is 0.776. The minimum atomic E-state index is -0.0342. The minimum absolute atomic E-state index is 0.0342. The Morgan fingerprint density at radius 3 is 2.58 bits per heavy atom. The van der Waals surface area contributed by atoms with Crippen LogP contribution in [-0.2, 0) is 0 Å². The van der Waals surface area contributed by atoms with Crippen LogP contribution in [0.5, 0.6) is 0 Å². The third-order valence-corrected chi connectivity index (χ3v) is 2.85. The number of nitrogens with zero attached hydrogens (tertiary/aromatic N) is 1. The molecule has 0 spiro atoms. The molecule has 1 fully saturated rings. The van der Waals surface area contributed by atoms with Crippen LogP contribution in [0.3, 0.4) is 0 Å². The van der Waals surface area contributed by atoms with Crippen molar-refractivity contribution in [2.45, 2.75) is 50.3 Å². The van der Waals surface area contributed by atoms with Gasteiger partial charge in [0, 0.05) is 0 Å². The molecule has 0 aromatic heterocycles. The number of hydrogen-bond acceptors (Lipinski definition) is 2. The van der Waals surface area contributed by atoms with Crippen molar-refractivity contribution in [1.29, 1.82) is 0 Å². The van der Waals surface area contributed by atoms with Crippen LogP contribution in [0.25, 0.3) is 0 Å². The Hall–Kier alpha value is -0.240. The van der Waals surface area contributed by atoms with Crippen molar-refractivity contribution in [1.82, 2.24) is 0 Å². The fraction of sp³-hybridized carbons (Fsp3) is 0.889. The van der Waals surface area contributed by atoms with Crippen molar-refractivity contribution < 1.29 is 5.21 Å². The molecular weight excluding hydrogens is 174 g/mol. The van der Waals surface area contributed by atoms with Gasteiger partial charge in [-0.1, -0.05) is 30.8 Å². The van der Waals surface area contributed by atoms with E-state index in [4.69, 9.17) is 16.8 Å². The lowest BCUT2D eigenvalue weighted by atomic mass is 10.1. The van der Waals surface area contributed by atoms with Crippen LogP contribution in [0.15, 0.2) is 5.16 Å². The number of rotatable bonds is 0. The van der Waals surface area contributed by atoms with E-state index in [-0.39, 0.29) is 5.38 Å². The lowest BCUT2D eigenvalue weighted by molar-refractivity contribution is 0.316. The summed E-state index contributed by atoms with van der Waals surface area (Å²) in [6.07, 6.45) is 7.90. The van der Waals surface area contributed by atoms with Gasteiger partial charge in [0.15, 0.2) is 0 Å². The van der Waals surface area contributed by atoms with Crippen molar-refractivity contribution in [3.05, 3.63) is 0 Å². The van der Waals surface area contributed by atoms with Crippen LogP contribution in [0.4, 0.5) is 0 Å². The second-order valence-corrected chi connectivity index (χ2v) is 3.89. The molecule has 0 aromatic rings. The Labute approximate surface area is 78.6 Å². The number of hydrogen-bond donors (Lipinski definition) is 1. The first-order valence-electron chi connectivity index (χ1n) is 4.69. The highest BCUT2D eigenvalue weighted by Gasteiger charge is 2.14. The van der Waals surface area contributed by atoms with E-state index < -0.39 is 0 Å². The monoisotopic (exact) mass is 189 g/mol. The molecule has 0 saturated heterocycles. The highest BCUT2D eigenvalue weighted by Crippen LogP contribution is 2.18. The summed E-state index contributed by atoms with van der Waals surface area (Å²) < 4.78 is 0. The fourth-order valence-corrected chi connectivity index (χ4v) is 1.90. The van der Waals surface area contributed by atoms with Crippen molar-refractivity contribution >= 4 is 17.3 Å². The maximum absolute atomic E-state index is 8.67. The maximum Gasteiger partial charge on any atom is 0.0751 e. The molecule has 70 valence electrons. The summed E-state index contributed by atoms with van der Waals surface area (Å²) in [7, 11) is 0. The number of halogens is 1. The lowest BCUT2D eigenvalue weighted by Crippen LogP contribution is -2.13. The largest absolute Gasteiger partial charge is 0.411 e. The van der Waals surface area contributed by atoms with E-state index in [1.165, 1.54) is 19.3 Å². The number of alkyl halides is 1. The second-order valence-electron chi connectivity index (χ2n) is 3.37. The van der Waals surface area contributed by atoms with Gasteiger partial charge in [-0.3, -0.25) is 0 Å². The molecule has 1 unspecified atom stereocenters. The molecule has 1 N–H and O–H groups in total. The fourth-order valence-electron chi connectivity index (χ4n) is 1.60. The Bertz CT molecular complexity index is 159. The average molecular weight is 190 g/mol. The van der Waals surface area contributed by atoms with Gasteiger partial charge in [-0.05, 0) is 19.3 Å². The van der Waals surface area contributed by atoms with Gasteiger partial charge in [0.2, 0.25) is 0 Å². The number of oxime groups is 1. The molecule has 0 aliphatic heterocycles. The minimum Gasteiger partial charge on any atom is -0.411 e. The van der Waals surface area contributed by atoms with Crippen LogP contribution in [0.2, 0.25) is 0 Å². The standard InChI is InChI=1S/C9H16ClNO/c10-8-6-4-2-1-3-5-7-9(8)11-12/h8,12H,1-7H2. The van der Waals surface area contributed by atoms with Gasteiger partial charge in [0.1, 0.15) is 0 Å². The van der Waals surface area contributed by atoms with Gasteiger partial charge < -0.3 is 5.21 Å². The van der Waals surface area contributed by atoms with Gasteiger partial charge >= 0.3 is 0 Å². The molecule has 1 saturated carbocycles. The molecule has 12 heavy (non-hydrogen) atoms.